The molecule has 0 aliphatic heterocycles. The van der Waals surface area contributed by atoms with Gasteiger partial charge in [0.25, 0.3) is 0 Å². The minimum Gasteiger partial charge on any atom is -0.480 e. The molecule has 0 aliphatic rings. The van der Waals surface area contributed by atoms with E-state index in [1.165, 1.54) is 7.11 Å². The fraction of sp³-hybridized carbons (Fsp3) is 0.778. The van der Waals surface area contributed by atoms with E-state index in [9.17, 15) is 9.59 Å². The SMILES string of the molecule is CCC(C)C(=O)NC(COC)C(=O)O. The Hall–Kier alpha value is -1.10. The van der Waals surface area contributed by atoms with Crippen molar-refractivity contribution in [3.8, 4) is 0 Å². The van der Waals surface area contributed by atoms with Crippen LogP contribution in [0.4, 0.5) is 0 Å². The smallest absolute Gasteiger partial charge is 0.328 e. The molecule has 0 saturated heterocycles. The second-order valence-corrected chi connectivity index (χ2v) is 3.16. The molecule has 0 saturated carbocycles. The highest BCUT2D eigenvalue weighted by Crippen LogP contribution is 2.00. The average Bonchev–Trinajstić information content (AvgIpc) is 2.15. The molecular formula is C9H17NO4. The molecule has 2 N–H and O–H groups in total. The minimum absolute atomic E-state index is 0.0164. The number of nitrogens with one attached hydrogen (secondary N) is 1. The number of hydrogen-bond acceptors (Lipinski definition) is 3. The summed E-state index contributed by atoms with van der Waals surface area (Å²) < 4.78 is 4.68. The molecule has 0 aliphatic carbocycles. The monoisotopic (exact) mass is 203 g/mol. The Kier molecular flexibility index (Phi) is 5.87. The van der Waals surface area contributed by atoms with E-state index in [4.69, 9.17) is 5.11 Å². The number of rotatable bonds is 6. The predicted molar refractivity (Wildman–Crippen MR) is 50.9 cm³/mol. The van der Waals surface area contributed by atoms with Crippen LogP contribution in [0.15, 0.2) is 0 Å². The van der Waals surface area contributed by atoms with Gasteiger partial charge in [0.05, 0.1) is 6.61 Å². The van der Waals surface area contributed by atoms with Crippen LogP contribution < -0.4 is 5.32 Å². The molecule has 0 heterocycles. The Morgan fingerprint density at radius 2 is 2.07 bits per heavy atom. The zero-order valence-electron chi connectivity index (χ0n) is 8.74. The van der Waals surface area contributed by atoms with E-state index in [1.54, 1.807) is 6.92 Å². The number of ether oxygens (including phenoxy) is 1. The van der Waals surface area contributed by atoms with Crippen LogP contribution in [-0.2, 0) is 14.3 Å². The maximum atomic E-state index is 11.3. The molecule has 0 spiro atoms. The molecule has 0 aromatic carbocycles. The normalized spacial score (nSPS) is 14.5. The standard InChI is InChI=1S/C9H17NO4/c1-4-6(2)8(11)10-7(5-14-3)9(12)13/h6-7H,4-5H2,1-3H3,(H,10,11)(H,12,13). The van der Waals surface area contributed by atoms with Gasteiger partial charge in [0.15, 0.2) is 6.04 Å². The molecule has 0 aromatic heterocycles. The summed E-state index contributed by atoms with van der Waals surface area (Å²) in [5.41, 5.74) is 0. The number of carbonyl (C=O) groups is 2. The zero-order chi connectivity index (χ0) is 11.1. The van der Waals surface area contributed by atoms with Crippen molar-refractivity contribution in [2.24, 2.45) is 5.92 Å². The average molecular weight is 203 g/mol. The first-order chi connectivity index (χ1) is 6.52. The van der Waals surface area contributed by atoms with Crippen LogP contribution in [0.2, 0.25) is 0 Å². The quantitative estimate of drug-likeness (QED) is 0.648. The first-order valence-electron chi connectivity index (χ1n) is 4.55. The molecule has 0 aromatic rings. The van der Waals surface area contributed by atoms with Gasteiger partial charge < -0.3 is 15.2 Å². The van der Waals surface area contributed by atoms with E-state index >= 15 is 0 Å². The number of amides is 1. The van der Waals surface area contributed by atoms with Crippen molar-refractivity contribution in [1.82, 2.24) is 5.32 Å². The maximum absolute atomic E-state index is 11.3. The minimum atomic E-state index is -1.08. The van der Waals surface area contributed by atoms with Gasteiger partial charge >= 0.3 is 5.97 Å². The zero-order valence-corrected chi connectivity index (χ0v) is 8.74. The van der Waals surface area contributed by atoms with E-state index < -0.39 is 12.0 Å². The van der Waals surface area contributed by atoms with Crippen LogP contribution in [-0.4, -0.2) is 36.7 Å². The first kappa shape index (κ1) is 12.9. The Bertz CT molecular complexity index is 205. The molecule has 5 heteroatoms. The number of carboxylic acids is 1. The Morgan fingerprint density at radius 3 is 2.43 bits per heavy atom. The largest absolute Gasteiger partial charge is 0.480 e. The topological polar surface area (TPSA) is 75.6 Å². The third-order valence-corrected chi connectivity index (χ3v) is 2.01. The summed E-state index contributed by atoms with van der Waals surface area (Å²) in [4.78, 5) is 22.0. The van der Waals surface area contributed by atoms with Crippen molar-refractivity contribution in [2.45, 2.75) is 26.3 Å². The van der Waals surface area contributed by atoms with Crippen molar-refractivity contribution >= 4 is 11.9 Å². The van der Waals surface area contributed by atoms with Crippen LogP contribution in [0.3, 0.4) is 0 Å². The lowest BCUT2D eigenvalue weighted by molar-refractivity contribution is -0.143. The van der Waals surface area contributed by atoms with Gasteiger partial charge in [-0.05, 0) is 6.42 Å². The third-order valence-electron chi connectivity index (χ3n) is 2.01. The van der Waals surface area contributed by atoms with E-state index in [-0.39, 0.29) is 18.4 Å². The fourth-order valence-electron chi connectivity index (χ4n) is 0.841. The van der Waals surface area contributed by atoms with Crippen molar-refractivity contribution in [1.29, 1.82) is 0 Å². The van der Waals surface area contributed by atoms with Crippen LogP contribution in [0.1, 0.15) is 20.3 Å². The third kappa shape index (κ3) is 4.23. The highest BCUT2D eigenvalue weighted by atomic mass is 16.5. The molecule has 82 valence electrons. The molecule has 5 nitrogen and oxygen atoms in total. The van der Waals surface area contributed by atoms with E-state index in [1.807, 2.05) is 6.92 Å². The van der Waals surface area contributed by atoms with Gasteiger partial charge in [0.1, 0.15) is 0 Å². The summed E-state index contributed by atoms with van der Waals surface area (Å²) in [6.07, 6.45) is 0.686. The molecule has 2 atom stereocenters. The van der Waals surface area contributed by atoms with E-state index in [2.05, 4.69) is 10.1 Å². The summed E-state index contributed by atoms with van der Waals surface area (Å²) in [7, 11) is 1.39. The van der Waals surface area contributed by atoms with Gasteiger partial charge in [-0.3, -0.25) is 4.79 Å². The van der Waals surface area contributed by atoms with Crippen LogP contribution in [0, 0.1) is 5.92 Å². The second kappa shape index (κ2) is 6.37. The highest BCUT2D eigenvalue weighted by Gasteiger charge is 2.21. The summed E-state index contributed by atoms with van der Waals surface area (Å²) in [5, 5.41) is 11.1. The van der Waals surface area contributed by atoms with Gasteiger partial charge in [-0.1, -0.05) is 13.8 Å². The fourth-order valence-corrected chi connectivity index (χ4v) is 0.841. The number of hydrogen-bond donors (Lipinski definition) is 2. The van der Waals surface area contributed by atoms with Gasteiger partial charge in [-0.2, -0.15) is 0 Å². The summed E-state index contributed by atoms with van der Waals surface area (Å²) in [5.74, 6) is -1.51. The first-order valence-corrected chi connectivity index (χ1v) is 4.55. The molecule has 0 bridgehead atoms. The Morgan fingerprint density at radius 1 is 1.50 bits per heavy atom. The van der Waals surface area contributed by atoms with Crippen LogP contribution in [0.5, 0.6) is 0 Å². The highest BCUT2D eigenvalue weighted by molar-refractivity contribution is 5.84. The lowest BCUT2D eigenvalue weighted by atomic mass is 10.1. The summed E-state index contributed by atoms with van der Waals surface area (Å²) in [6, 6.07) is -0.957. The maximum Gasteiger partial charge on any atom is 0.328 e. The van der Waals surface area contributed by atoms with Crippen molar-refractivity contribution in [3.63, 3.8) is 0 Å². The Labute approximate surface area is 83.4 Å². The lowest BCUT2D eigenvalue weighted by Gasteiger charge is -2.16. The molecule has 0 fully saturated rings. The van der Waals surface area contributed by atoms with Crippen molar-refractivity contribution in [2.75, 3.05) is 13.7 Å². The number of aliphatic carboxylic acids is 1. The van der Waals surface area contributed by atoms with Crippen LogP contribution >= 0.6 is 0 Å². The number of carboxylic acid groups (broad SMARTS) is 1. The van der Waals surface area contributed by atoms with Gasteiger partial charge in [0, 0.05) is 13.0 Å². The van der Waals surface area contributed by atoms with Gasteiger partial charge in [0.2, 0.25) is 5.91 Å². The molecular weight excluding hydrogens is 186 g/mol. The second-order valence-electron chi connectivity index (χ2n) is 3.16. The summed E-state index contributed by atoms with van der Waals surface area (Å²) in [6.45, 7) is 3.61. The lowest BCUT2D eigenvalue weighted by Crippen LogP contribution is -2.45. The Balaban J connectivity index is 4.15. The molecule has 2 unspecified atom stereocenters. The number of methoxy groups -OCH3 is 1. The van der Waals surface area contributed by atoms with Crippen molar-refractivity contribution in [3.05, 3.63) is 0 Å². The summed E-state index contributed by atoms with van der Waals surface area (Å²) >= 11 is 0. The van der Waals surface area contributed by atoms with E-state index in [0.717, 1.165) is 0 Å². The predicted octanol–water partition coefficient (Wildman–Crippen LogP) is 0.248. The van der Waals surface area contributed by atoms with E-state index in [0.29, 0.717) is 6.42 Å². The van der Waals surface area contributed by atoms with Gasteiger partial charge in [-0.25, -0.2) is 4.79 Å². The molecule has 1 amide bonds. The number of carbonyl (C=O) groups excluding carboxylic acids is 1. The molecule has 0 rings (SSSR count). The van der Waals surface area contributed by atoms with Gasteiger partial charge in [-0.15, -0.1) is 0 Å². The van der Waals surface area contributed by atoms with Crippen LogP contribution in [0.25, 0.3) is 0 Å². The van der Waals surface area contributed by atoms with Crippen molar-refractivity contribution < 1.29 is 19.4 Å². The molecule has 0 radical (unpaired) electrons. The molecule has 14 heavy (non-hydrogen) atoms.